The van der Waals surface area contributed by atoms with Crippen molar-refractivity contribution in [1.29, 1.82) is 0 Å². The van der Waals surface area contributed by atoms with Crippen molar-refractivity contribution < 1.29 is 22.3 Å². The van der Waals surface area contributed by atoms with Gasteiger partial charge in [0.05, 0.1) is 0 Å². The highest BCUT2D eigenvalue weighted by Gasteiger charge is 2.43. The highest BCUT2D eigenvalue weighted by atomic mass is 19.4. The maximum absolute atomic E-state index is 14.1. The summed E-state index contributed by atoms with van der Waals surface area (Å²) < 4.78 is 57.7. The number of fused-ring (bicyclic) bond motifs is 1. The zero-order valence-corrected chi connectivity index (χ0v) is 14.9. The number of ether oxygens (including phenoxy) is 1. The molecule has 1 aromatic heterocycles. The molecule has 1 atom stereocenters. The molecular formula is C21H16F4N2O. The zero-order chi connectivity index (χ0) is 19.9. The smallest absolute Gasteiger partial charge is 0.425 e. The molecule has 28 heavy (non-hydrogen) atoms. The average Bonchev–Trinajstić information content (AvgIpc) is 2.67. The third-order valence-corrected chi connectivity index (χ3v) is 4.72. The normalized spacial score (nSPS) is 16.4. The lowest BCUT2D eigenvalue weighted by molar-refractivity contribution is -0.199. The fourth-order valence-corrected chi connectivity index (χ4v) is 3.23. The Balaban J connectivity index is 1.59. The lowest BCUT2D eigenvalue weighted by Crippen LogP contribution is -2.37. The summed E-state index contributed by atoms with van der Waals surface area (Å²) in [5, 5.41) is 0. The van der Waals surface area contributed by atoms with E-state index in [1.165, 1.54) is 24.5 Å². The third-order valence-electron chi connectivity index (χ3n) is 4.72. The van der Waals surface area contributed by atoms with E-state index in [-0.39, 0.29) is 24.4 Å². The Morgan fingerprint density at radius 1 is 1.00 bits per heavy atom. The Kier molecular flexibility index (Phi) is 4.53. The summed E-state index contributed by atoms with van der Waals surface area (Å²) in [7, 11) is 0. The maximum atomic E-state index is 14.1. The molecule has 1 unspecified atom stereocenters. The van der Waals surface area contributed by atoms with Crippen LogP contribution in [0.5, 0.6) is 5.75 Å². The van der Waals surface area contributed by atoms with Crippen LogP contribution in [-0.4, -0.2) is 22.2 Å². The Hall–Kier alpha value is -2.96. The number of hydrogen-bond donors (Lipinski definition) is 0. The van der Waals surface area contributed by atoms with Crippen molar-refractivity contribution in [3.8, 4) is 28.3 Å². The molecule has 7 heteroatoms. The van der Waals surface area contributed by atoms with Gasteiger partial charge in [-0.25, -0.2) is 14.4 Å². The fraction of sp³-hybridized carbons (Fsp3) is 0.238. The molecule has 0 saturated carbocycles. The van der Waals surface area contributed by atoms with E-state index in [4.69, 9.17) is 4.74 Å². The van der Waals surface area contributed by atoms with Crippen LogP contribution < -0.4 is 4.74 Å². The number of alkyl halides is 3. The van der Waals surface area contributed by atoms with Crippen molar-refractivity contribution in [2.45, 2.75) is 32.0 Å². The second kappa shape index (κ2) is 6.89. The number of hydrogen-bond acceptors (Lipinski definition) is 3. The van der Waals surface area contributed by atoms with Crippen molar-refractivity contribution in [2.75, 3.05) is 0 Å². The first kappa shape index (κ1) is 18.4. The van der Waals surface area contributed by atoms with Crippen LogP contribution in [0.3, 0.4) is 0 Å². The maximum Gasteiger partial charge on any atom is 0.425 e. The number of halogens is 4. The summed E-state index contributed by atoms with van der Waals surface area (Å²) in [5.74, 6) is 0.300. The molecule has 144 valence electrons. The van der Waals surface area contributed by atoms with E-state index < -0.39 is 12.3 Å². The predicted molar refractivity (Wildman–Crippen MR) is 96.4 cm³/mol. The molecule has 1 aliphatic heterocycles. The highest BCUT2D eigenvalue weighted by Crippen LogP contribution is 2.36. The molecule has 0 amide bonds. The number of benzene rings is 2. The Morgan fingerprint density at radius 3 is 2.43 bits per heavy atom. The van der Waals surface area contributed by atoms with Crippen LogP contribution in [0.2, 0.25) is 0 Å². The van der Waals surface area contributed by atoms with Crippen molar-refractivity contribution >= 4 is 0 Å². The van der Waals surface area contributed by atoms with Crippen LogP contribution in [0.4, 0.5) is 17.6 Å². The third kappa shape index (κ3) is 3.56. The summed E-state index contributed by atoms with van der Waals surface area (Å²) >= 11 is 0. The SMILES string of the molecule is Cc1ccc(-c2cnc(-c3ccc4c(c3)CCC(C(F)(F)F)O4)nc2)c(F)c1. The molecule has 2 aromatic carbocycles. The van der Waals surface area contributed by atoms with Gasteiger partial charge in [-0.2, -0.15) is 13.2 Å². The zero-order valence-electron chi connectivity index (χ0n) is 14.9. The first-order valence-corrected chi connectivity index (χ1v) is 8.76. The summed E-state index contributed by atoms with van der Waals surface area (Å²) in [5.41, 5.74) is 3.14. The van der Waals surface area contributed by atoms with Gasteiger partial charge in [0.2, 0.25) is 0 Å². The summed E-state index contributed by atoms with van der Waals surface area (Å²) in [6.45, 7) is 1.81. The van der Waals surface area contributed by atoms with Crippen molar-refractivity contribution in [2.24, 2.45) is 0 Å². The average molecular weight is 388 g/mol. The minimum atomic E-state index is -4.37. The molecule has 0 N–H and O–H groups in total. The topological polar surface area (TPSA) is 35.0 Å². The van der Waals surface area contributed by atoms with Gasteiger partial charge < -0.3 is 4.74 Å². The van der Waals surface area contributed by atoms with E-state index in [0.29, 0.717) is 28.1 Å². The largest absolute Gasteiger partial charge is 0.481 e. The van der Waals surface area contributed by atoms with Gasteiger partial charge in [-0.15, -0.1) is 0 Å². The molecule has 3 aromatic rings. The molecule has 0 fully saturated rings. The molecule has 1 aliphatic rings. The Labute approximate surface area is 159 Å². The van der Waals surface area contributed by atoms with Crippen molar-refractivity contribution in [3.05, 3.63) is 65.7 Å². The first-order valence-electron chi connectivity index (χ1n) is 8.76. The second-order valence-electron chi connectivity index (χ2n) is 6.79. The van der Waals surface area contributed by atoms with Crippen LogP contribution >= 0.6 is 0 Å². The van der Waals surface area contributed by atoms with E-state index >= 15 is 0 Å². The predicted octanol–water partition coefficient (Wildman–Crippen LogP) is 5.51. The van der Waals surface area contributed by atoms with E-state index in [2.05, 4.69) is 9.97 Å². The number of rotatable bonds is 2. The van der Waals surface area contributed by atoms with Crippen molar-refractivity contribution in [3.63, 3.8) is 0 Å². The lowest BCUT2D eigenvalue weighted by Gasteiger charge is -2.27. The molecule has 4 rings (SSSR count). The minimum absolute atomic E-state index is 0.119. The summed E-state index contributed by atoms with van der Waals surface area (Å²) in [6.07, 6.45) is -2.93. The van der Waals surface area contributed by atoms with Crippen LogP contribution in [0, 0.1) is 12.7 Å². The summed E-state index contributed by atoms with van der Waals surface area (Å²) in [6, 6.07) is 9.81. The van der Waals surface area contributed by atoms with Gasteiger partial charge in [-0.3, -0.25) is 0 Å². The number of aryl methyl sites for hydroxylation is 2. The van der Waals surface area contributed by atoms with Gasteiger partial charge >= 0.3 is 6.18 Å². The molecule has 0 spiro atoms. The first-order chi connectivity index (χ1) is 13.3. The van der Waals surface area contributed by atoms with Gasteiger partial charge in [-0.05, 0) is 55.2 Å². The standard InChI is InChI=1S/C21H16F4N2O/c1-12-2-5-16(17(22)8-12)15-10-26-20(27-11-15)14-3-6-18-13(9-14)4-7-19(28-18)21(23,24)25/h2-3,5-6,8-11,19H,4,7H2,1H3. The molecule has 0 radical (unpaired) electrons. The second-order valence-corrected chi connectivity index (χ2v) is 6.79. The van der Waals surface area contributed by atoms with E-state index in [9.17, 15) is 17.6 Å². The molecule has 3 nitrogen and oxygen atoms in total. The Bertz CT molecular complexity index is 1020. The molecule has 0 bridgehead atoms. The minimum Gasteiger partial charge on any atom is -0.481 e. The Morgan fingerprint density at radius 2 is 1.75 bits per heavy atom. The van der Waals surface area contributed by atoms with Crippen LogP contribution in [-0.2, 0) is 6.42 Å². The van der Waals surface area contributed by atoms with Gasteiger partial charge in [0.15, 0.2) is 11.9 Å². The van der Waals surface area contributed by atoms with E-state index in [1.54, 1.807) is 18.2 Å². The molecule has 0 saturated heterocycles. The van der Waals surface area contributed by atoms with E-state index in [0.717, 1.165) is 5.56 Å². The molecule has 0 aliphatic carbocycles. The van der Waals surface area contributed by atoms with Gasteiger partial charge in [-0.1, -0.05) is 12.1 Å². The van der Waals surface area contributed by atoms with Crippen LogP contribution in [0.25, 0.3) is 22.5 Å². The molecule has 2 heterocycles. The van der Waals surface area contributed by atoms with Gasteiger partial charge in [0.25, 0.3) is 0 Å². The van der Waals surface area contributed by atoms with Crippen LogP contribution in [0.1, 0.15) is 17.5 Å². The van der Waals surface area contributed by atoms with Gasteiger partial charge in [0, 0.05) is 29.1 Å². The number of aromatic nitrogens is 2. The lowest BCUT2D eigenvalue weighted by atomic mass is 9.99. The van der Waals surface area contributed by atoms with E-state index in [1.807, 2.05) is 13.0 Å². The molecular weight excluding hydrogens is 372 g/mol. The monoisotopic (exact) mass is 388 g/mol. The van der Waals surface area contributed by atoms with Gasteiger partial charge in [0.1, 0.15) is 11.6 Å². The quantitative estimate of drug-likeness (QED) is 0.543. The van der Waals surface area contributed by atoms with Crippen LogP contribution in [0.15, 0.2) is 48.8 Å². The highest BCUT2D eigenvalue weighted by molar-refractivity contribution is 5.65. The summed E-state index contributed by atoms with van der Waals surface area (Å²) in [4.78, 5) is 8.59. The number of nitrogens with zero attached hydrogens (tertiary/aromatic N) is 2. The fourth-order valence-electron chi connectivity index (χ4n) is 3.23. The van der Waals surface area contributed by atoms with Crippen molar-refractivity contribution in [1.82, 2.24) is 9.97 Å².